The summed E-state index contributed by atoms with van der Waals surface area (Å²) >= 11 is 4.63. The van der Waals surface area contributed by atoms with Crippen molar-refractivity contribution in [2.75, 3.05) is 59.8 Å². The Labute approximate surface area is 352 Å². The molecule has 0 saturated carbocycles. The first-order chi connectivity index (χ1) is 28.7. The lowest BCUT2D eigenvalue weighted by molar-refractivity contribution is -0.197. The van der Waals surface area contributed by atoms with E-state index in [9.17, 15) is 50.8 Å². The minimum Gasteiger partial charge on any atom is -0.492 e. The number of piperidine rings is 1. The van der Waals surface area contributed by atoms with Gasteiger partial charge in [0.25, 0.3) is 5.91 Å². The maximum absolute atomic E-state index is 14.4. The highest BCUT2D eigenvalue weighted by Crippen LogP contribution is 2.43. The van der Waals surface area contributed by atoms with E-state index in [2.05, 4.69) is 33.6 Å². The molecule has 3 aliphatic heterocycles. The number of carbonyl (C=O) groups excluding carboxylic acids is 4. The van der Waals surface area contributed by atoms with E-state index in [1.165, 1.54) is 6.07 Å². The Kier molecular flexibility index (Phi) is 13.1. The van der Waals surface area contributed by atoms with Gasteiger partial charge in [-0.15, -0.1) is 12.6 Å². The van der Waals surface area contributed by atoms with Crippen LogP contribution in [-0.2, 0) is 31.8 Å². The highest BCUT2D eigenvalue weighted by atomic mass is 32.1. The van der Waals surface area contributed by atoms with E-state index in [0.717, 1.165) is 16.0 Å². The van der Waals surface area contributed by atoms with Crippen molar-refractivity contribution >= 4 is 59.0 Å². The van der Waals surface area contributed by atoms with Gasteiger partial charge in [-0.25, -0.2) is 4.98 Å². The van der Waals surface area contributed by atoms with Gasteiger partial charge < -0.3 is 20.3 Å². The van der Waals surface area contributed by atoms with Gasteiger partial charge >= 0.3 is 12.4 Å². The number of halogens is 6. The molecule has 3 saturated heterocycles. The lowest BCUT2D eigenvalue weighted by Crippen LogP contribution is -2.60. The van der Waals surface area contributed by atoms with Crippen LogP contribution in [0.15, 0.2) is 54.7 Å². The molecular weight excluding hydrogens is 833 g/mol. The number of ether oxygens (including phenoxy) is 1. The van der Waals surface area contributed by atoms with Crippen molar-refractivity contribution in [1.29, 1.82) is 5.26 Å². The molecule has 0 radical (unpaired) electrons. The molecule has 0 aliphatic carbocycles. The Morgan fingerprint density at radius 3 is 2.46 bits per heavy atom. The molecule has 21 heteroatoms. The van der Waals surface area contributed by atoms with E-state index in [1.807, 2.05) is 6.92 Å². The topological polar surface area (TPSA) is 163 Å². The molecular formula is C40H43F6N9O5S. The zero-order valence-corrected chi connectivity index (χ0v) is 34.1. The van der Waals surface area contributed by atoms with Crippen LogP contribution >= 0.6 is 12.6 Å². The van der Waals surface area contributed by atoms with Crippen molar-refractivity contribution in [3.63, 3.8) is 0 Å². The lowest BCUT2D eigenvalue weighted by atomic mass is 10.0. The summed E-state index contributed by atoms with van der Waals surface area (Å²) in [6.45, 7) is 4.49. The van der Waals surface area contributed by atoms with Gasteiger partial charge in [0.15, 0.2) is 11.2 Å². The number of benzene rings is 2. The van der Waals surface area contributed by atoms with Crippen LogP contribution in [0.5, 0.6) is 5.75 Å². The fourth-order valence-corrected chi connectivity index (χ4v) is 8.27. The zero-order chi connectivity index (χ0) is 44.4. The third-order valence-corrected chi connectivity index (χ3v) is 11.2. The molecule has 0 spiro atoms. The number of imide groups is 1. The fraction of sp³-hybridized carbons (Fsp3) is 0.450. The molecule has 3 aliphatic rings. The van der Waals surface area contributed by atoms with Gasteiger partial charge in [0, 0.05) is 49.7 Å². The number of nitriles is 1. The number of nitrogens with zero attached hydrogens (tertiary/aromatic N) is 6. The standard InChI is InChI=1S/C40H43F6N9O5S/c1-4-23-16-26(55-37(61)54(36(59)38(55,2)3)27-18-28(39(41,42)43)30(19-47)48-20-27)8-10-31(23)60-15-14-52-12-13-53(32(21-52)40(44,45)46)22-34(57)50-25-7-5-6-24(17-25)49-29-9-11-33(56)51-35(29)58/h5-8,10,16-18,20,29,32,37,49,61H,4,9,11-15,21-22H2,1-3H3,(H,50,57)(H,51,56,58)/t29?,32-,37+/m1/s1. The second-order valence-corrected chi connectivity index (χ2v) is 15.7. The van der Waals surface area contributed by atoms with E-state index in [0.29, 0.717) is 40.9 Å². The Balaban J connectivity index is 1.06. The monoisotopic (exact) mass is 875 g/mol. The molecule has 1 unspecified atom stereocenters. The molecule has 3 atom stereocenters. The number of hydrogen-bond acceptors (Lipinski definition) is 12. The number of amides is 4. The van der Waals surface area contributed by atoms with Gasteiger partial charge in [0.05, 0.1) is 24.0 Å². The third-order valence-electron chi connectivity index (χ3n) is 10.8. The smallest absolute Gasteiger partial charge is 0.419 e. The molecule has 4 heterocycles. The molecule has 2 aromatic carbocycles. The maximum atomic E-state index is 14.4. The second kappa shape index (κ2) is 17.8. The normalized spacial score (nSPS) is 21.3. The maximum Gasteiger partial charge on any atom is 0.419 e. The second-order valence-electron chi connectivity index (χ2n) is 15.2. The average molecular weight is 876 g/mol. The van der Waals surface area contributed by atoms with E-state index in [1.54, 1.807) is 66.1 Å². The molecule has 3 N–H and O–H groups in total. The van der Waals surface area contributed by atoms with Crippen molar-refractivity contribution in [3.8, 4) is 11.8 Å². The molecule has 0 bridgehead atoms. The zero-order valence-electron chi connectivity index (χ0n) is 33.2. The molecule has 3 fully saturated rings. The number of rotatable bonds is 12. The summed E-state index contributed by atoms with van der Waals surface area (Å²) in [5.41, 5.74) is -2.66. The van der Waals surface area contributed by atoms with E-state index in [-0.39, 0.29) is 50.7 Å². The van der Waals surface area contributed by atoms with Crippen molar-refractivity contribution in [2.45, 2.75) is 75.5 Å². The summed E-state index contributed by atoms with van der Waals surface area (Å²) in [5, 5.41) is 17.1. The fourth-order valence-electron chi connectivity index (χ4n) is 7.61. The van der Waals surface area contributed by atoms with Gasteiger partial charge in [-0.3, -0.25) is 39.2 Å². The Morgan fingerprint density at radius 2 is 1.79 bits per heavy atom. The first kappa shape index (κ1) is 44.9. The molecule has 326 valence electrons. The summed E-state index contributed by atoms with van der Waals surface area (Å²) in [6.07, 6.45) is -7.60. The third kappa shape index (κ3) is 9.97. The van der Waals surface area contributed by atoms with Crippen LogP contribution in [-0.4, -0.2) is 107 Å². The van der Waals surface area contributed by atoms with Crippen LogP contribution in [0.3, 0.4) is 0 Å². The van der Waals surface area contributed by atoms with Crippen molar-refractivity contribution < 1.29 is 50.3 Å². The predicted octanol–water partition coefficient (Wildman–Crippen LogP) is 5.16. The first-order valence-corrected chi connectivity index (χ1v) is 19.8. The van der Waals surface area contributed by atoms with Crippen molar-refractivity contribution in [1.82, 2.24) is 20.1 Å². The number of alkyl halides is 6. The summed E-state index contributed by atoms with van der Waals surface area (Å²) in [4.78, 5) is 59.3. The van der Waals surface area contributed by atoms with Gasteiger partial charge in [0.2, 0.25) is 17.7 Å². The van der Waals surface area contributed by atoms with Gasteiger partial charge in [-0.05, 0) is 74.7 Å². The van der Waals surface area contributed by atoms with Gasteiger partial charge in [0.1, 0.15) is 36.0 Å². The number of piperazine rings is 1. The number of thiol groups is 1. The molecule has 6 rings (SSSR count). The summed E-state index contributed by atoms with van der Waals surface area (Å²) in [6, 6.07) is 11.0. The van der Waals surface area contributed by atoms with E-state index in [4.69, 9.17) is 4.74 Å². The molecule has 3 aromatic rings. The molecule has 4 amide bonds. The van der Waals surface area contributed by atoms with Gasteiger partial charge in [-0.1, -0.05) is 13.0 Å². The average Bonchev–Trinajstić information content (AvgIpc) is 3.37. The minimum absolute atomic E-state index is 0.0322. The Bertz CT molecular complexity index is 2220. The van der Waals surface area contributed by atoms with Crippen LogP contribution in [0, 0.1) is 11.3 Å². The SMILES string of the molecule is CCc1cc(N2[C@@H](S)N(c3cnc(C#N)c(C(F)(F)F)c3)C(=O)C2(C)C)ccc1OCCN1CCN(CC(=O)Nc2cccc(NC3CCC(=O)NC3=O)c2)[C@@H](C(F)(F)F)C1. The summed E-state index contributed by atoms with van der Waals surface area (Å²) < 4.78 is 90.4. The Morgan fingerprint density at radius 1 is 1.05 bits per heavy atom. The van der Waals surface area contributed by atoms with E-state index >= 15 is 0 Å². The van der Waals surface area contributed by atoms with Crippen LogP contribution < -0.4 is 30.5 Å². The molecule has 61 heavy (non-hydrogen) atoms. The molecule has 14 nitrogen and oxygen atoms in total. The number of carbonyl (C=O) groups is 4. The van der Waals surface area contributed by atoms with Gasteiger partial charge in [-0.2, -0.15) is 31.6 Å². The highest BCUT2D eigenvalue weighted by Gasteiger charge is 2.52. The minimum atomic E-state index is -4.89. The van der Waals surface area contributed by atoms with Crippen LogP contribution in [0.4, 0.5) is 49.1 Å². The van der Waals surface area contributed by atoms with Crippen LogP contribution in [0.25, 0.3) is 0 Å². The number of pyridine rings is 1. The molecule has 1 aromatic heterocycles. The number of hydrogen-bond donors (Lipinski definition) is 4. The predicted molar refractivity (Wildman–Crippen MR) is 215 cm³/mol. The summed E-state index contributed by atoms with van der Waals surface area (Å²) in [7, 11) is 0. The quantitative estimate of drug-likeness (QED) is 0.108. The van der Waals surface area contributed by atoms with Crippen molar-refractivity contribution in [2.24, 2.45) is 0 Å². The van der Waals surface area contributed by atoms with E-state index < -0.39 is 77.5 Å². The lowest BCUT2D eigenvalue weighted by Gasteiger charge is -2.41. The highest BCUT2D eigenvalue weighted by molar-refractivity contribution is 7.81. The first-order valence-electron chi connectivity index (χ1n) is 19.3. The van der Waals surface area contributed by atoms with Crippen LogP contribution in [0.1, 0.15) is 50.4 Å². The number of anilines is 4. The summed E-state index contributed by atoms with van der Waals surface area (Å²) in [5.74, 6) is -1.60. The number of aromatic nitrogens is 1. The van der Waals surface area contributed by atoms with Crippen LogP contribution in [0.2, 0.25) is 0 Å². The number of aryl methyl sites for hydroxylation is 1. The largest absolute Gasteiger partial charge is 0.492 e. The van der Waals surface area contributed by atoms with Crippen molar-refractivity contribution in [3.05, 3.63) is 71.5 Å². The Hall–Kier alpha value is -5.59. The number of nitrogens with one attached hydrogen (secondary N) is 3.